The highest BCUT2D eigenvalue weighted by atomic mass is 35.5. The first-order valence-electron chi connectivity index (χ1n) is 6.15. The van der Waals surface area contributed by atoms with Gasteiger partial charge in [-0.05, 0) is 24.5 Å². The van der Waals surface area contributed by atoms with Gasteiger partial charge in [-0.25, -0.2) is 0 Å². The van der Waals surface area contributed by atoms with E-state index in [0.29, 0.717) is 28.0 Å². The number of carbonyl (C=O) groups excluding carboxylic acids is 1. The number of amides is 1. The van der Waals surface area contributed by atoms with Crippen LogP contribution in [0.25, 0.3) is 0 Å². The third-order valence-electron chi connectivity index (χ3n) is 2.67. The van der Waals surface area contributed by atoms with Crippen molar-refractivity contribution in [3.63, 3.8) is 0 Å². The van der Waals surface area contributed by atoms with Crippen LogP contribution >= 0.6 is 34.5 Å². The molecule has 0 spiro atoms. The van der Waals surface area contributed by atoms with E-state index < -0.39 is 0 Å². The Morgan fingerprint density at radius 2 is 2.15 bits per heavy atom. The van der Waals surface area contributed by atoms with Gasteiger partial charge < -0.3 is 5.32 Å². The fourth-order valence-corrected chi connectivity index (χ4v) is 2.73. The third kappa shape index (κ3) is 3.91. The van der Waals surface area contributed by atoms with Crippen molar-refractivity contribution in [3.8, 4) is 0 Å². The molecule has 4 nitrogen and oxygen atoms in total. The van der Waals surface area contributed by atoms with Gasteiger partial charge in [0, 0.05) is 6.42 Å². The summed E-state index contributed by atoms with van der Waals surface area (Å²) in [5.74, 6) is -0.111. The highest BCUT2D eigenvalue weighted by Gasteiger charge is 2.10. The van der Waals surface area contributed by atoms with Crippen molar-refractivity contribution in [2.24, 2.45) is 0 Å². The number of nitrogens with zero attached hydrogens (tertiary/aromatic N) is 2. The number of hydrogen-bond acceptors (Lipinski definition) is 4. The van der Waals surface area contributed by atoms with Gasteiger partial charge in [-0.3, -0.25) is 4.79 Å². The molecule has 1 aromatic carbocycles. The highest BCUT2D eigenvalue weighted by molar-refractivity contribution is 7.15. The van der Waals surface area contributed by atoms with Crippen LogP contribution < -0.4 is 5.32 Å². The molecule has 0 bridgehead atoms. The molecule has 0 unspecified atom stereocenters. The molecule has 1 N–H and O–H groups in total. The molecular weight excluding hydrogens is 317 g/mol. The van der Waals surface area contributed by atoms with Gasteiger partial charge in [-0.2, -0.15) is 0 Å². The molecule has 1 heterocycles. The molecule has 0 saturated heterocycles. The van der Waals surface area contributed by atoms with E-state index in [0.717, 1.165) is 17.0 Å². The van der Waals surface area contributed by atoms with Crippen LogP contribution in [0.5, 0.6) is 0 Å². The van der Waals surface area contributed by atoms with Crippen molar-refractivity contribution in [2.45, 2.75) is 26.2 Å². The van der Waals surface area contributed by atoms with Crippen molar-refractivity contribution in [2.75, 3.05) is 5.32 Å². The summed E-state index contributed by atoms with van der Waals surface area (Å²) in [7, 11) is 0. The number of aryl methyl sites for hydroxylation is 2. The maximum atomic E-state index is 11.8. The Morgan fingerprint density at radius 1 is 1.35 bits per heavy atom. The molecule has 2 rings (SSSR count). The second kappa shape index (κ2) is 7.02. The lowest BCUT2D eigenvalue weighted by Gasteiger charge is -2.05. The Kier molecular flexibility index (Phi) is 5.34. The molecule has 0 atom stereocenters. The van der Waals surface area contributed by atoms with Crippen LogP contribution in [0, 0.1) is 0 Å². The largest absolute Gasteiger partial charge is 0.301 e. The van der Waals surface area contributed by atoms with Gasteiger partial charge in [0.2, 0.25) is 11.0 Å². The smallest absolute Gasteiger partial charge is 0.226 e. The number of anilines is 1. The molecule has 106 valence electrons. The molecule has 0 fully saturated rings. The van der Waals surface area contributed by atoms with Crippen molar-refractivity contribution < 1.29 is 4.79 Å². The zero-order chi connectivity index (χ0) is 14.5. The van der Waals surface area contributed by atoms with Crippen molar-refractivity contribution >= 4 is 45.6 Å². The van der Waals surface area contributed by atoms with E-state index in [1.807, 2.05) is 19.1 Å². The number of benzene rings is 1. The van der Waals surface area contributed by atoms with Crippen molar-refractivity contribution in [3.05, 3.63) is 38.8 Å². The lowest BCUT2D eigenvalue weighted by Crippen LogP contribution is -2.12. The molecule has 2 aromatic rings. The predicted octanol–water partition coefficient (Wildman–Crippen LogP) is 3.98. The molecule has 0 aliphatic carbocycles. The zero-order valence-electron chi connectivity index (χ0n) is 10.8. The second-order valence-electron chi connectivity index (χ2n) is 4.12. The maximum absolute atomic E-state index is 11.8. The van der Waals surface area contributed by atoms with Gasteiger partial charge in [0.15, 0.2) is 0 Å². The van der Waals surface area contributed by atoms with Gasteiger partial charge in [0.25, 0.3) is 0 Å². The number of halogens is 2. The molecule has 0 saturated carbocycles. The highest BCUT2D eigenvalue weighted by Crippen LogP contribution is 2.26. The lowest BCUT2D eigenvalue weighted by molar-refractivity contribution is -0.116. The van der Waals surface area contributed by atoms with Crippen LogP contribution in [0.15, 0.2) is 18.2 Å². The Bertz CT molecular complexity index is 615. The van der Waals surface area contributed by atoms with Crippen LogP contribution in [-0.4, -0.2) is 16.1 Å². The first-order chi connectivity index (χ1) is 9.60. The quantitative estimate of drug-likeness (QED) is 0.902. The summed E-state index contributed by atoms with van der Waals surface area (Å²) in [5.41, 5.74) is 0.862. The molecule has 7 heteroatoms. The topological polar surface area (TPSA) is 54.9 Å². The number of carbonyl (C=O) groups is 1. The molecule has 20 heavy (non-hydrogen) atoms. The Labute approximate surface area is 131 Å². The molecule has 0 radical (unpaired) electrons. The molecule has 1 amide bonds. The first-order valence-corrected chi connectivity index (χ1v) is 7.72. The zero-order valence-corrected chi connectivity index (χ0v) is 13.1. The Hall–Kier alpha value is -1.17. The fourth-order valence-electron chi connectivity index (χ4n) is 1.62. The van der Waals surface area contributed by atoms with Crippen LogP contribution in [0.3, 0.4) is 0 Å². The average molecular weight is 330 g/mol. The van der Waals surface area contributed by atoms with Crippen LogP contribution in [0.2, 0.25) is 10.0 Å². The van der Waals surface area contributed by atoms with Gasteiger partial charge in [-0.1, -0.05) is 53.6 Å². The summed E-state index contributed by atoms with van der Waals surface area (Å²) >= 11 is 13.4. The summed E-state index contributed by atoms with van der Waals surface area (Å²) in [4.78, 5) is 11.8. The van der Waals surface area contributed by atoms with E-state index in [9.17, 15) is 4.79 Å². The van der Waals surface area contributed by atoms with Gasteiger partial charge in [-0.15, -0.1) is 10.2 Å². The van der Waals surface area contributed by atoms with Gasteiger partial charge in [0.1, 0.15) is 5.01 Å². The molecule has 0 aliphatic heterocycles. The second-order valence-corrected chi connectivity index (χ2v) is 5.96. The van der Waals surface area contributed by atoms with Crippen LogP contribution in [0.1, 0.15) is 23.9 Å². The summed E-state index contributed by atoms with van der Waals surface area (Å²) in [5, 5.41) is 13.0. The van der Waals surface area contributed by atoms with E-state index in [4.69, 9.17) is 23.2 Å². The number of aromatic nitrogens is 2. The third-order valence-corrected chi connectivity index (χ3v) is 4.51. The SMILES string of the molecule is CCc1nnc(NC(=O)CCc2cccc(Cl)c2Cl)s1. The molecule has 1 aromatic heterocycles. The summed E-state index contributed by atoms with van der Waals surface area (Å²) in [6.07, 6.45) is 1.66. The number of nitrogens with one attached hydrogen (secondary N) is 1. The lowest BCUT2D eigenvalue weighted by atomic mass is 10.1. The summed E-state index contributed by atoms with van der Waals surface area (Å²) in [6, 6.07) is 5.41. The molecule has 0 aliphatic rings. The average Bonchev–Trinajstić information content (AvgIpc) is 2.88. The molecular formula is C13H13Cl2N3OS. The van der Waals surface area contributed by atoms with E-state index in [2.05, 4.69) is 15.5 Å². The van der Waals surface area contributed by atoms with Crippen LogP contribution in [0.4, 0.5) is 5.13 Å². The minimum Gasteiger partial charge on any atom is -0.301 e. The fraction of sp³-hybridized carbons (Fsp3) is 0.308. The minimum atomic E-state index is -0.111. The maximum Gasteiger partial charge on any atom is 0.226 e. The standard InChI is InChI=1S/C13H13Cl2N3OS/c1-2-11-17-18-13(20-11)16-10(19)7-6-8-4-3-5-9(14)12(8)15/h3-5H,2,6-7H2,1H3,(H,16,18,19). The van der Waals surface area contributed by atoms with Crippen LogP contribution in [-0.2, 0) is 17.6 Å². The summed E-state index contributed by atoms with van der Waals surface area (Å²) < 4.78 is 0. The summed E-state index contributed by atoms with van der Waals surface area (Å²) in [6.45, 7) is 1.99. The van der Waals surface area contributed by atoms with Crippen molar-refractivity contribution in [1.82, 2.24) is 10.2 Å². The number of rotatable bonds is 5. The van der Waals surface area contributed by atoms with Gasteiger partial charge in [0.05, 0.1) is 10.0 Å². The van der Waals surface area contributed by atoms with E-state index in [1.165, 1.54) is 11.3 Å². The van der Waals surface area contributed by atoms with E-state index in [1.54, 1.807) is 6.07 Å². The minimum absolute atomic E-state index is 0.111. The first kappa shape index (κ1) is 15.2. The van der Waals surface area contributed by atoms with E-state index >= 15 is 0 Å². The van der Waals surface area contributed by atoms with E-state index in [-0.39, 0.29) is 5.91 Å². The predicted molar refractivity (Wildman–Crippen MR) is 82.7 cm³/mol. The normalized spacial score (nSPS) is 10.6. The van der Waals surface area contributed by atoms with Crippen molar-refractivity contribution in [1.29, 1.82) is 0 Å². The monoisotopic (exact) mass is 329 g/mol. The van der Waals surface area contributed by atoms with Gasteiger partial charge >= 0.3 is 0 Å². The number of hydrogen-bond donors (Lipinski definition) is 1. The Morgan fingerprint density at radius 3 is 2.85 bits per heavy atom. The Balaban J connectivity index is 1.90.